The van der Waals surface area contributed by atoms with Crippen molar-refractivity contribution in [3.05, 3.63) is 34.1 Å². The monoisotopic (exact) mass is 326 g/mol. The van der Waals surface area contributed by atoms with Crippen LogP contribution < -0.4 is 0 Å². The summed E-state index contributed by atoms with van der Waals surface area (Å²) in [6.45, 7) is 6.84. The molecule has 4 heteroatoms. The molecule has 0 atom stereocenters. The van der Waals surface area contributed by atoms with Crippen LogP contribution in [0.1, 0.15) is 18.4 Å². The van der Waals surface area contributed by atoms with Crippen LogP contribution in [0.25, 0.3) is 0 Å². The Hall–Kier alpha value is -0.450. The number of nitrogens with zero attached hydrogens (tertiary/aromatic N) is 2. The third-order valence-electron chi connectivity index (χ3n) is 4.07. The highest BCUT2D eigenvalue weighted by Crippen LogP contribution is 2.30. The van der Waals surface area contributed by atoms with Crippen LogP contribution in [0.2, 0.25) is 0 Å². The molecule has 0 spiro atoms. The molecule has 1 aliphatic carbocycles. The van der Waals surface area contributed by atoms with E-state index in [1.165, 1.54) is 38.0 Å². The first kappa shape index (κ1) is 13.5. The average Bonchev–Trinajstić information content (AvgIpc) is 3.20. The maximum Gasteiger partial charge on any atom is 0.137 e. The Balaban J connectivity index is 1.49. The van der Waals surface area contributed by atoms with Crippen molar-refractivity contribution >= 4 is 15.9 Å². The molecule has 2 fully saturated rings. The van der Waals surface area contributed by atoms with E-state index in [9.17, 15) is 4.39 Å². The highest BCUT2D eigenvalue weighted by Gasteiger charge is 2.26. The quantitative estimate of drug-likeness (QED) is 0.838. The molecule has 104 valence electrons. The molecule has 0 aromatic heterocycles. The molecule has 0 bridgehead atoms. The molecular weight excluding hydrogens is 307 g/mol. The van der Waals surface area contributed by atoms with E-state index in [1.807, 2.05) is 12.1 Å². The first-order chi connectivity index (χ1) is 9.20. The Morgan fingerprint density at radius 1 is 1.11 bits per heavy atom. The first-order valence-electron chi connectivity index (χ1n) is 7.09. The van der Waals surface area contributed by atoms with Gasteiger partial charge in [0.25, 0.3) is 0 Å². The van der Waals surface area contributed by atoms with Crippen LogP contribution in [0.3, 0.4) is 0 Å². The predicted octanol–water partition coefficient (Wildman–Crippen LogP) is 3.12. The van der Waals surface area contributed by atoms with Gasteiger partial charge in [-0.3, -0.25) is 4.90 Å². The summed E-state index contributed by atoms with van der Waals surface area (Å²) in [7, 11) is 0. The second kappa shape index (κ2) is 5.90. The van der Waals surface area contributed by atoms with E-state index in [1.54, 1.807) is 6.07 Å². The lowest BCUT2D eigenvalue weighted by Crippen LogP contribution is -2.46. The summed E-state index contributed by atoms with van der Waals surface area (Å²) in [5.41, 5.74) is 1.18. The zero-order chi connectivity index (χ0) is 13.2. The summed E-state index contributed by atoms with van der Waals surface area (Å²) < 4.78 is 13.8. The molecule has 1 saturated carbocycles. The molecule has 1 heterocycles. The molecule has 0 N–H and O–H groups in total. The Kier molecular flexibility index (Phi) is 4.20. The fourth-order valence-electron chi connectivity index (χ4n) is 2.69. The zero-order valence-corrected chi connectivity index (χ0v) is 12.7. The molecule has 1 aromatic carbocycles. The molecule has 19 heavy (non-hydrogen) atoms. The largest absolute Gasteiger partial charge is 0.301 e. The van der Waals surface area contributed by atoms with Gasteiger partial charge in [-0.25, -0.2) is 4.39 Å². The molecule has 0 amide bonds. The van der Waals surface area contributed by atoms with Gasteiger partial charge in [-0.05, 0) is 52.4 Å². The van der Waals surface area contributed by atoms with E-state index < -0.39 is 0 Å². The van der Waals surface area contributed by atoms with Crippen LogP contribution in [-0.4, -0.2) is 42.5 Å². The number of rotatable bonds is 4. The van der Waals surface area contributed by atoms with Crippen molar-refractivity contribution in [1.82, 2.24) is 9.80 Å². The van der Waals surface area contributed by atoms with Crippen LogP contribution in [-0.2, 0) is 6.54 Å². The smallest absolute Gasteiger partial charge is 0.137 e. The fraction of sp³-hybridized carbons (Fsp3) is 0.600. The third-order valence-corrected chi connectivity index (χ3v) is 4.68. The Morgan fingerprint density at radius 2 is 1.79 bits per heavy atom. The second-order valence-corrected chi connectivity index (χ2v) is 6.62. The van der Waals surface area contributed by atoms with Gasteiger partial charge in [-0.1, -0.05) is 6.07 Å². The molecule has 1 aromatic rings. The lowest BCUT2D eigenvalue weighted by molar-refractivity contribution is 0.123. The van der Waals surface area contributed by atoms with Crippen molar-refractivity contribution in [2.75, 3.05) is 32.7 Å². The minimum Gasteiger partial charge on any atom is -0.301 e. The Labute approximate surface area is 122 Å². The highest BCUT2D eigenvalue weighted by atomic mass is 79.9. The van der Waals surface area contributed by atoms with Gasteiger partial charge in [0.2, 0.25) is 0 Å². The van der Waals surface area contributed by atoms with E-state index in [-0.39, 0.29) is 5.82 Å². The molecule has 0 radical (unpaired) electrons. The molecule has 0 unspecified atom stereocenters. The number of halogens is 2. The molecular formula is C15H20BrFN2. The van der Waals surface area contributed by atoms with Crippen LogP contribution >= 0.6 is 15.9 Å². The van der Waals surface area contributed by atoms with Gasteiger partial charge in [0.1, 0.15) is 5.82 Å². The Bertz CT molecular complexity index is 440. The van der Waals surface area contributed by atoms with Crippen molar-refractivity contribution < 1.29 is 4.39 Å². The summed E-state index contributed by atoms with van der Waals surface area (Å²) in [5, 5.41) is 0. The van der Waals surface area contributed by atoms with E-state index in [4.69, 9.17) is 0 Å². The summed E-state index contributed by atoms with van der Waals surface area (Å²) >= 11 is 3.25. The van der Waals surface area contributed by atoms with E-state index >= 15 is 0 Å². The van der Waals surface area contributed by atoms with Crippen LogP contribution in [0.15, 0.2) is 22.7 Å². The average molecular weight is 327 g/mol. The zero-order valence-electron chi connectivity index (χ0n) is 11.1. The number of hydrogen-bond acceptors (Lipinski definition) is 2. The van der Waals surface area contributed by atoms with E-state index in [0.29, 0.717) is 4.47 Å². The molecule has 3 rings (SSSR count). The van der Waals surface area contributed by atoms with Crippen LogP contribution in [0.4, 0.5) is 4.39 Å². The van der Waals surface area contributed by atoms with Crippen molar-refractivity contribution in [2.45, 2.75) is 19.4 Å². The van der Waals surface area contributed by atoms with Gasteiger partial charge < -0.3 is 4.90 Å². The van der Waals surface area contributed by atoms with Crippen molar-refractivity contribution in [3.63, 3.8) is 0 Å². The van der Waals surface area contributed by atoms with Crippen LogP contribution in [0.5, 0.6) is 0 Å². The van der Waals surface area contributed by atoms with Gasteiger partial charge in [-0.15, -0.1) is 0 Å². The lowest BCUT2D eigenvalue weighted by Gasteiger charge is -2.34. The summed E-state index contributed by atoms with van der Waals surface area (Å²) in [5.74, 6) is 0.803. The van der Waals surface area contributed by atoms with Gasteiger partial charge >= 0.3 is 0 Å². The minimum atomic E-state index is -0.182. The SMILES string of the molecule is Fc1ccc(CN2CCN(CC3CC3)CC2)cc1Br. The Morgan fingerprint density at radius 3 is 2.42 bits per heavy atom. The maximum atomic E-state index is 13.2. The lowest BCUT2D eigenvalue weighted by atomic mass is 10.2. The number of piperazine rings is 1. The summed E-state index contributed by atoms with van der Waals surface area (Å²) in [6, 6.07) is 5.32. The summed E-state index contributed by atoms with van der Waals surface area (Å²) in [4.78, 5) is 5.05. The normalized spacial score (nSPS) is 21.8. The summed E-state index contributed by atoms with van der Waals surface area (Å²) in [6.07, 6.45) is 2.87. The molecule has 1 saturated heterocycles. The maximum absolute atomic E-state index is 13.2. The van der Waals surface area contributed by atoms with Crippen molar-refractivity contribution in [2.24, 2.45) is 5.92 Å². The standard InChI is InChI=1S/C15H20BrFN2/c16-14-9-13(3-4-15(14)17)11-19-7-5-18(6-8-19)10-12-1-2-12/h3-4,9,12H,1-2,5-8,10-11H2. The van der Waals surface area contributed by atoms with Gasteiger partial charge in [0.05, 0.1) is 4.47 Å². The highest BCUT2D eigenvalue weighted by molar-refractivity contribution is 9.10. The predicted molar refractivity (Wildman–Crippen MR) is 78.5 cm³/mol. The van der Waals surface area contributed by atoms with Gasteiger partial charge in [0, 0.05) is 39.3 Å². The molecule has 2 nitrogen and oxygen atoms in total. The second-order valence-electron chi connectivity index (χ2n) is 5.77. The van der Waals surface area contributed by atoms with E-state index in [0.717, 1.165) is 25.6 Å². The van der Waals surface area contributed by atoms with Gasteiger partial charge in [0.15, 0.2) is 0 Å². The fourth-order valence-corrected chi connectivity index (χ4v) is 3.12. The first-order valence-corrected chi connectivity index (χ1v) is 7.88. The van der Waals surface area contributed by atoms with E-state index in [2.05, 4.69) is 25.7 Å². The van der Waals surface area contributed by atoms with Crippen molar-refractivity contribution in [3.8, 4) is 0 Å². The minimum absolute atomic E-state index is 0.182. The number of benzene rings is 1. The van der Waals surface area contributed by atoms with Crippen LogP contribution in [0, 0.1) is 11.7 Å². The van der Waals surface area contributed by atoms with Gasteiger partial charge in [-0.2, -0.15) is 0 Å². The molecule has 2 aliphatic rings. The number of hydrogen-bond donors (Lipinski definition) is 0. The third kappa shape index (κ3) is 3.77. The topological polar surface area (TPSA) is 6.48 Å². The molecule has 1 aliphatic heterocycles. The van der Waals surface area contributed by atoms with Crippen molar-refractivity contribution in [1.29, 1.82) is 0 Å².